The van der Waals surface area contributed by atoms with Crippen LogP contribution < -0.4 is 15.8 Å². The molecule has 0 aliphatic rings. The number of nitrogens with two attached hydrogens (primary N) is 1. The van der Waals surface area contributed by atoms with Crippen LogP contribution in [-0.2, 0) is 4.79 Å². The van der Waals surface area contributed by atoms with Crippen LogP contribution in [0.1, 0.15) is 6.92 Å². The fourth-order valence-corrected chi connectivity index (χ4v) is 1.13. The van der Waals surface area contributed by atoms with Gasteiger partial charge in [0, 0.05) is 5.69 Å². The van der Waals surface area contributed by atoms with Crippen LogP contribution in [-0.4, -0.2) is 25.0 Å². The number of nitrogens with one attached hydrogen (secondary N) is 1. The number of amides is 1. The molecular weight excluding hydrogens is 230 g/mol. The minimum Gasteiger partial charge on any atom is -0.484 e. The highest BCUT2D eigenvalue weighted by atomic mass is 19.3. The van der Waals surface area contributed by atoms with E-state index in [-0.39, 0.29) is 6.61 Å². The minimum absolute atomic E-state index is 0.208. The second-order valence-electron chi connectivity index (χ2n) is 3.55. The van der Waals surface area contributed by atoms with Gasteiger partial charge >= 0.3 is 0 Å². The Labute approximate surface area is 97.8 Å². The second-order valence-corrected chi connectivity index (χ2v) is 3.55. The van der Waals surface area contributed by atoms with Gasteiger partial charge in [-0.25, -0.2) is 8.78 Å². The molecule has 0 aliphatic heterocycles. The number of alkyl halides is 2. The average molecular weight is 244 g/mol. The van der Waals surface area contributed by atoms with E-state index in [1.807, 2.05) is 0 Å². The normalized spacial score (nSPS) is 12.2. The number of halogens is 2. The van der Waals surface area contributed by atoms with Gasteiger partial charge in [-0.15, -0.1) is 0 Å². The van der Waals surface area contributed by atoms with Crippen molar-refractivity contribution >= 4 is 11.6 Å². The Morgan fingerprint density at radius 2 is 2.00 bits per heavy atom. The van der Waals surface area contributed by atoms with E-state index < -0.39 is 18.4 Å². The molecule has 0 fully saturated rings. The van der Waals surface area contributed by atoms with Crippen molar-refractivity contribution in [2.24, 2.45) is 5.73 Å². The van der Waals surface area contributed by atoms with Crippen LogP contribution in [0.5, 0.6) is 5.75 Å². The Hall–Kier alpha value is -1.85. The largest absolute Gasteiger partial charge is 0.484 e. The third kappa shape index (κ3) is 4.67. The maximum absolute atomic E-state index is 12.3. The molecule has 1 aromatic rings. The summed E-state index contributed by atoms with van der Waals surface area (Å²) in [7, 11) is 0. The fourth-order valence-electron chi connectivity index (χ4n) is 1.13. The summed E-state index contributed by atoms with van der Waals surface area (Å²) in [5, 5.41) is 2.64. The fraction of sp³-hybridized carbons (Fsp3) is 0.364. The molecule has 1 rings (SSSR count). The molecule has 4 nitrogen and oxygen atoms in total. The van der Waals surface area contributed by atoms with Crippen LogP contribution in [0, 0.1) is 0 Å². The first-order chi connectivity index (χ1) is 7.99. The topological polar surface area (TPSA) is 64.3 Å². The van der Waals surface area contributed by atoms with Crippen LogP contribution in [0.2, 0.25) is 0 Å². The standard InChI is InChI=1S/C11H14F2N2O2/c1-7(11(12)13)15-8-2-4-9(5-3-8)17-6-10(14)16/h2-5,7,11,15H,6H2,1H3,(H2,14,16). The molecule has 0 saturated carbocycles. The van der Waals surface area contributed by atoms with Crippen LogP contribution in [0.15, 0.2) is 24.3 Å². The SMILES string of the molecule is CC(Nc1ccc(OCC(N)=O)cc1)C(F)F. The van der Waals surface area contributed by atoms with E-state index >= 15 is 0 Å². The van der Waals surface area contributed by atoms with E-state index in [0.29, 0.717) is 11.4 Å². The first-order valence-electron chi connectivity index (χ1n) is 5.05. The molecule has 1 amide bonds. The van der Waals surface area contributed by atoms with Gasteiger partial charge in [0.2, 0.25) is 0 Å². The number of carbonyl (C=O) groups excluding carboxylic acids is 1. The zero-order valence-electron chi connectivity index (χ0n) is 9.32. The van der Waals surface area contributed by atoms with Gasteiger partial charge in [0.15, 0.2) is 6.61 Å². The molecule has 1 aromatic carbocycles. The number of primary amides is 1. The third-order valence-corrected chi connectivity index (χ3v) is 2.01. The molecular formula is C11H14F2N2O2. The van der Waals surface area contributed by atoms with Gasteiger partial charge in [-0.1, -0.05) is 0 Å². The molecule has 6 heteroatoms. The summed E-state index contributed by atoms with van der Waals surface area (Å²) < 4.78 is 29.6. The van der Waals surface area contributed by atoms with Crippen molar-refractivity contribution in [2.75, 3.05) is 11.9 Å². The molecule has 17 heavy (non-hydrogen) atoms. The van der Waals surface area contributed by atoms with E-state index in [1.54, 1.807) is 24.3 Å². The number of carbonyl (C=O) groups is 1. The Morgan fingerprint density at radius 1 is 1.41 bits per heavy atom. The first kappa shape index (κ1) is 13.2. The molecule has 1 atom stereocenters. The summed E-state index contributed by atoms with van der Waals surface area (Å²) >= 11 is 0. The Bertz CT molecular complexity index is 368. The summed E-state index contributed by atoms with van der Waals surface area (Å²) in [5.41, 5.74) is 5.47. The molecule has 0 heterocycles. The molecule has 0 aromatic heterocycles. The van der Waals surface area contributed by atoms with E-state index in [9.17, 15) is 13.6 Å². The number of benzene rings is 1. The van der Waals surface area contributed by atoms with Crippen LogP contribution >= 0.6 is 0 Å². The number of rotatable bonds is 6. The predicted molar refractivity (Wildman–Crippen MR) is 60.2 cm³/mol. The van der Waals surface area contributed by atoms with Crippen molar-refractivity contribution < 1.29 is 18.3 Å². The maximum Gasteiger partial charge on any atom is 0.258 e. The Balaban J connectivity index is 2.53. The first-order valence-corrected chi connectivity index (χ1v) is 5.05. The predicted octanol–water partition coefficient (Wildman–Crippen LogP) is 1.62. The van der Waals surface area contributed by atoms with E-state index in [1.165, 1.54) is 6.92 Å². The summed E-state index contributed by atoms with van der Waals surface area (Å²) in [4.78, 5) is 10.5. The number of ether oxygens (including phenoxy) is 1. The lowest BCUT2D eigenvalue weighted by atomic mass is 10.2. The van der Waals surface area contributed by atoms with E-state index in [4.69, 9.17) is 10.5 Å². The van der Waals surface area contributed by atoms with Gasteiger partial charge in [0.1, 0.15) is 5.75 Å². The highest BCUT2D eigenvalue weighted by molar-refractivity contribution is 5.75. The lowest BCUT2D eigenvalue weighted by molar-refractivity contribution is -0.119. The molecule has 0 radical (unpaired) electrons. The van der Waals surface area contributed by atoms with Crippen molar-refractivity contribution in [1.29, 1.82) is 0 Å². The van der Waals surface area contributed by atoms with Crippen LogP contribution in [0.3, 0.4) is 0 Å². The Morgan fingerprint density at radius 3 is 2.47 bits per heavy atom. The number of anilines is 1. The molecule has 0 spiro atoms. The van der Waals surface area contributed by atoms with Crippen molar-refractivity contribution in [3.05, 3.63) is 24.3 Å². The highest BCUT2D eigenvalue weighted by Crippen LogP contribution is 2.17. The van der Waals surface area contributed by atoms with Gasteiger partial charge in [0.25, 0.3) is 12.3 Å². The summed E-state index contributed by atoms with van der Waals surface area (Å²) in [6.45, 7) is 1.18. The van der Waals surface area contributed by atoms with Crippen molar-refractivity contribution in [3.63, 3.8) is 0 Å². The maximum atomic E-state index is 12.3. The van der Waals surface area contributed by atoms with E-state index in [0.717, 1.165) is 0 Å². The lowest BCUT2D eigenvalue weighted by Gasteiger charge is -2.14. The summed E-state index contributed by atoms with van der Waals surface area (Å²) in [6, 6.07) is 5.41. The molecule has 0 aliphatic carbocycles. The van der Waals surface area contributed by atoms with Gasteiger partial charge in [-0.2, -0.15) is 0 Å². The van der Waals surface area contributed by atoms with Gasteiger partial charge in [-0.3, -0.25) is 4.79 Å². The van der Waals surface area contributed by atoms with Gasteiger partial charge in [0.05, 0.1) is 6.04 Å². The highest BCUT2D eigenvalue weighted by Gasteiger charge is 2.13. The number of hydrogen-bond donors (Lipinski definition) is 2. The minimum atomic E-state index is -2.43. The molecule has 3 N–H and O–H groups in total. The lowest BCUT2D eigenvalue weighted by Crippen LogP contribution is -2.23. The average Bonchev–Trinajstić information content (AvgIpc) is 2.28. The molecule has 1 unspecified atom stereocenters. The van der Waals surface area contributed by atoms with Gasteiger partial charge in [-0.05, 0) is 31.2 Å². The quantitative estimate of drug-likeness (QED) is 0.799. The van der Waals surface area contributed by atoms with Crippen molar-refractivity contribution in [2.45, 2.75) is 19.4 Å². The number of hydrogen-bond acceptors (Lipinski definition) is 3. The Kier molecular flexibility index (Phi) is 4.68. The summed E-state index contributed by atoms with van der Waals surface area (Å²) in [6.07, 6.45) is -2.43. The van der Waals surface area contributed by atoms with Crippen molar-refractivity contribution in [1.82, 2.24) is 0 Å². The summed E-state index contributed by atoms with van der Waals surface area (Å²) in [5.74, 6) is -0.113. The third-order valence-electron chi connectivity index (χ3n) is 2.01. The van der Waals surface area contributed by atoms with E-state index in [2.05, 4.69) is 5.32 Å². The van der Waals surface area contributed by atoms with Crippen molar-refractivity contribution in [3.8, 4) is 5.75 Å². The molecule has 94 valence electrons. The zero-order chi connectivity index (χ0) is 12.8. The second kappa shape index (κ2) is 6.03. The van der Waals surface area contributed by atoms with Crippen LogP contribution in [0.4, 0.5) is 14.5 Å². The molecule has 0 bridgehead atoms. The van der Waals surface area contributed by atoms with Gasteiger partial charge < -0.3 is 15.8 Å². The van der Waals surface area contributed by atoms with Crippen LogP contribution in [0.25, 0.3) is 0 Å². The zero-order valence-corrected chi connectivity index (χ0v) is 9.32. The smallest absolute Gasteiger partial charge is 0.258 e. The molecule has 0 saturated heterocycles. The monoisotopic (exact) mass is 244 g/mol.